The lowest BCUT2D eigenvalue weighted by molar-refractivity contribution is -0.00811. The first-order valence-electron chi connectivity index (χ1n) is 9.42. The number of aryl methyl sites for hydroxylation is 1. The first-order chi connectivity index (χ1) is 15.4. The number of hydrogen-bond donors (Lipinski definition) is 0. The van der Waals surface area contributed by atoms with Gasteiger partial charge in [-0.1, -0.05) is 0 Å². The van der Waals surface area contributed by atoms with E-state index in [0.29, 0.717) is 0 Å². The number of fused-ring (bicyclic) bond motifs is 1. The predicted octanol–water partition coefficient (Wildman–Crippen LogP) is 0.702. The van der Waals surface area contributed by atoms with Crippen molar-refractivity contribution in [2.75, 3.05) is 6.61 Å². The highest BCUT2D eigenvalue weighted by atomic mass is 16.6. The number of nitrogens with zero attached hydrogens (tertiary/aromatic N) is 4. The first kappa shape index (κ1) is 20.9. The third-order valence-corrected chi connectivity index (χ3v) is 4.74. The SMILES string of the molecule is Cn1c(=O)c2c(ncn2C[C@H](COC(=O)c2ccco2)OC(=O)c2ccco2)n(C)c1=O. The third kappa shape index (κ3) is 3.85. The van der Waals surface area contributed by atoms with E-state index in [-0.39, 0.29) is 35.8 Å². The number of rotatable bonds is 7. The van der Waals surface area contributed by atoms with Gasteiger partial charge in [-0.25, -0.2) is 19.4 Å². The molecule has 0 unspecified atom stereocenters. The van der Waals surface area contributed by atoms with Crippen molar-refractivity contribution in [3.63, 3.8) is 0 Å². The largest absolute Gasteiger partial charge is 0.457 e. The van der Waals surface area contributed by atoms with Crippen LogP contribution in [0.5, 0.6) is 0 Å². The molecule has 0 aliphatic carbocycles. The van der Waals surface area contributed by atoms with Gasteiger partial charge in [0.2, 0.25) is 11.5 Å². The van der Waals surface area contributed by atoms with E-state index in [0.717, 1.165) is 4.57 Å². The first-order valence-corrected chi connectivity index (χ1v) is 9.42. The molecule has 0 aromatic carbocycles. The molecule has 166 valence electrons. The van der Waals surface area contributed by atoms with E-state index in [2.05, 4.69) is 4.98 Å². The Labute approximate surface area is 179 Å². The number of carbonyl (C=O) groups excluding carboxylic acids is 2. The van der Waals surface area contributed by atoms with Crippen LogP contribution >= 0.6 is 0 Å². The van der Waals surface area contributed by atoms with Crippen LogP contribution in [0.15, 0.2) is 61.5 Å². The van der Waals surface area contributed by atoms with Gasteiger partial charge in [0.15, 0.2) is 17.3 Å². The normalized spacial score (nSPS) is 12.1. The van der Waals surface area contributed by atoms with Crippen LogP contribution in [0.2, 0.25) is 0 Å². The number of hydrogen-bond acceptors (Lipinski definition) is 9. The van der Waals surface area contributed by atoms with E-state index in [1.165, 1.54) is 66.3 Å². The predicted molar refractivity (Wildman–Crippen MR) is 107 cm³/mol. The zero-order valence-corrected chi connectivity index (χ0v) is 17.1. The number of imidazole rings is 1. The van der Waals surface area contributed by atoms with Crippen LogP contribution in [0.3, 0.4) is 0 Å². The highest BCUT2D eigenvalue weighted by Crippen LogP contribution is 2.12. The van der Waals surface area contributed by atoms with Gasteiger partial charge in [0, 0.05) is 14.1 Å². The maximum absolute atomic E-state index is 12.7. The van der Waals surface area contributed by atoms with E-state index >= 15 is 0 Å². The summed E-state index contributed by atoms with van der Waals surface area (Å²) in [6.07, 6.45) is 2.97. The van der Waals surface area contributed by atoms with Crippen LogP contribution in [0.4, 0.5) is 0 Å². The van der Waals surface area contributed by atoms with Crippen molar-refractivity contribution in [3.05, 3.63) is 75.5 Å². The highest BCUT2D eigenvalue weighted by Gasteiger charge is 2.24. The van der Waals surface area contributed by atoms with Crippen molar-refractivity contribution >= 4 is 23.1 Å². The Morgan fingerprint density at radius 3 is 2.31 bits per heavy atom. The molecule has 0 saturated carbocycles. The smallest absolute Gasteiger partial charge is 0.374 e. The summed E-state index contributed by atoms with van der Waals surface area (Å²) in [5.74, 6) is -1.58. The van der Waals surface area contributed by atoms with E-state index in [1.54, 1.807) is 0 Å². The molecular weight excluding hydrogens is 424 g/mol. The number of esters is 2. The lowest BCUT2D eigenvalue weighted by Crippen LogP contribution is -2.38. The van der Waals surface area contributed by atoms with Gasteiger partial charge in [-0.3, -0.25) is 13.9 Å². The molecule has 4 aromatic heterocycles. The summed E-state index contributed by atoms with van der Waals surface area (Å²) in [5.41, 5.74) is -0.794. The Balaban J connectivity index is 1.62. The summed E-state index contributed by atoms with van der Waals surface area (Å²) >= 11 is 0. The summed E-state index contributed by atoms with van der Waals surface area (Å²) in [7, 11) is 2.84. The minimum atomic E-state index is -1.01. The minimum Gasteiger partial charge on any atom is -0.457 e. The van der Waals surface area contributed by atoms with Gasteiger partial charge in [0.25, 0.3) is 5.56 Å². The molecule has 0 N–H and O–H groups in total. The van der Waals surface area contributed by atoms with E-state index in [4.69, 9.17) is 18.3 Å². The van der Waals surface area contributed by atoms with Gasteiger partial charge in [0.1, 0.15) is 6.61 Å². The van der Waals surface area contributed by atoms with Crippen molar-refractivity contribution in [2.45, 2.75) is 12.6 Å². The Kier molecular flexibility index (Phi) is 5.50. The van der Waals surface area contributed by atoms with Gasteiger partial charge in [0.05, 0.1) is 25.4 Å². The fourth-order valence-corrected chi connectivity index (χ4v) is 3.12. The Bertz CT molecular complexity index is 1380. The maximum Gasteiger partial charge on any atom is 0.374 e. The molecule has 12 heteroatoms. The zero-order chi connectivity index (χ0) is 22.8. The van der Waals surface area contributed by atoms with Gasteiger partial charge >= 0.3 is 17.6 Å². The van der Waals surface area contributed by atoms with Crippen LogP contribution < -0.4 is 11.2 Å². The van der Waals surface area contributed by atoms with Gasteiger partial charge in [-0.2, -0.15) is 0 Å². The molecule has 0 bridgehead atoms. The second-order valence-corrected chi connectivity index (χ2v) is 6.86. The van der Waals surface area contributed by atoms with Crippen molar-refractivity contribution in [1.82, 2.24) is 18.7 Å². The fraction of sp³-hybridized carbons (Fsp3) is 0.250. The number of carbonyl (C=O) groups is 2. The third-order valence-electron chi connectivity index (χ3n) is 4.74. The Morgan fingerprint density at radius 2 is 1.69 bits per heavy atom. The second kappa shape index (κ2) is 8.41. The van der Waals surface area contributed by atoms with E-state index < -0.39 is 29.3 Å². The van der Waals surface area contributed by atoms with Crippen molar-refractivity contribution in [3.8, 4) is 0 Å². The molecule has 0 fully saturated rings. The quantitative estimate of drug-likeness (QED) is 0.378. The number of ether oxygens (including phenoxy) is 2. The molecule has 0 aliphatic rings. The molecule has 0 spiro atoms. The molecule has 0 amide bonds. The average Bonchev–Trinajstić information content (AvgIpc) is 3.55. The van der Waals surface area contributed by atoms with E-state index in [1.807, 2.05) is 0 Å². The average molecular weight is 442 g/mol. The molecule has 0 saturated heterocycles. The van der Waals surface area contributed by atoms with Crippen LogP contribution in [0.1, 0.15) is 21.1 Å². The van der Waals surface area contributed by atoms with Crippen molar-refractivity contribution < 1.29 is 27.9 Å². The van der Waals surface area contributed by atoms with Crippen LogP contribution in [0, 0.1) is 0 Å². The summed E-state index contributed by atoms with van der Waals surface area (Å²) in [6.45, 7) is -0.417. The van der Waals surface area contributed by atoms with Crippen LogP contribution in [0.25, 0.3) is 11.2 Å². The second-order valence-electron chi connectivity index (χ2n) is 6.86. The molecular formula is C20H18N4O8. The number of furan rings is 2. The molecule has 0 radical (unpaired) electrons. The van der Waals surface area contributed by atoms with Gasteiger partial charge in [-0.15, -0.1) is 0 Å². The standard InChI is InChI=1S/C20H18N4O8/c1-22-16-15(17(25)23(2)20(22)28)24(11-21-16)9-12(32-19(27)14-6-4-8-30-14)10-31-18(26)13-5-3-7-29-13/h3-8,11-12H,9-10H2,1-2H3/t12-/m1/s1. The molecule has 4 rings (SSSR count). The zero-order valence-electron chi connectivity index (χ0n) is 17.1. The monoisotopic (exact) mass is 442 g/mol. The van der Waals surface area contributed by atoms with E-state index in [9.17, 15) is 19.2 Å². The van der Waals surface area contributed by atoms with Gasteiger partial charge in [-0.05, 0) is 24.3 Å². The Morgan fingerprint density at radius 1 is 1.03 bits per heavy atom. The molecule has 32 heavy (non-hydrogen) atoms. The maximum atomic E-state index is 12.7. The highest BCUT2D eigenvalue weighted by molar-refractivity contribution is 5.87. The molecule has 12 nitrogen and oxygen atoms in total. The summed E-state index contributed by atoms with van der Waals surface area (Å²) < 4.78 is 24.3. The Hall–Kier alpha value is -4.35. The van der Waals surface area contributed by atoms with Gasteiger partial charge < -0.3 is 22.9 Å². The molecule has 4 heterocycles. The van der Waals surface area contributed by atoms with Crippen molar-refractivity contribution in [1.29, 1.82) is 0 Å². The molecule has 1 atom stereocenters. The fourth-order valence-electron chi connectivity index (χ4n) is 3.12. The summed E-state index contributed by atoms with van der Waals surface area (Å²) in [4.78, 5) is 53.5. The van der Waals surface area contributed by atoms with Crippen LogP contribution in [-0.4, -0.2) is 43.3 Å². The summed E-state index contributed by atoms with van der Waals surface area (Å²) in [5, 5.41) is 0. The van der Waals surface area contributed by atoms with Crippen LogP contribution in [-0.2, 0) is 30.1 Å². The lowest BCUT2D eigenvalue weighted by Gasteiger charge is -2.18. The molecule has 4 aromatic rings. The molecule has 0 aliphatic heterocycles. The number of aromatic nitrogens is 4. The topological polar surface area (TPSA) is 141 Å². The lowest BCUT2D eigenvalue weighted by atomic mass is 10.3. The van der Waals surface area contributed by atoms with Crippen molar-refractivity contribution in [2.24, 2.45) is 14.1 Å². The minimum absolute atomic E-state index is 0.0157. The summed E-state index contributed by atoms with van der Waals surface area (Å²) in [6, 6.07) is 5.91.